The van der Waals surface area contributed by atoms with Crippen LogP contribution in [0.3, 0.4) is 0 Å². The molecule has 1 saturated heterocycles. The van der Waals surface area contributed by atoms with Gasteiger partial charge in [-0.25, -0.2) is 4.98 Å². The van der Waals surface area contributed by atoms with Crippen LogP contribution in [0.1, 0.15) is 31.4 Å². The van der Waals surface area contributed by atoms with Crippen molar-refractivity contribution < 1.29 is 4.74 Å². The van der Waals surface area contributed by atoms with Crippen molar-refractivity contribution in [3.63, 3.8) is 0 Å². The average molecular weight is 391 g/mol. The molecule has 4 heterocycles. The highest BCUT2D eigenvalue weighted by molar-refractivity contribution is 5.80. The number of fused-ring (bicyclic) bond motifs is 3. The first-order valence-electron chi connectivity index (χ1n) is 9.96. The van der Waals surface area contributed by atoms with E-state index in [0.29, 0.717) is 17.9 Å². The van der Waals surface area contributed by atoms with Crippen LogP contribution in [0.15, 0.2) is 41.6 Å². The summed E-state index contributed by atoms with van der Waals surface area (Å²) in [5.41, 5.74) is 8.73. The molecule has 0 bridgehead atoms. The number of nitrogens with zero attached hydrogens (tertiary/aromatic N) is 6. The zero-order valence-electron chi connectivity index (χ0n) is 15.9. The largest absolute Gasteiger partial charge is 0.376 e. The highest BCUT2D eigenvalue weighted by Gasteiger charge is 2.43. The van der Waals surface area contributed by atoms with Crippen LogP contribution in [0.4, 0.5) is 0 Å². The lowest BCUT2D eigenvalue weighted by molar-refractivity contribution is 0.0973. The van der Waals surface area contributed by atoms with Crippen LogP contribution in [-0.2, 0) is 16.8 Å². The third-order valence-electron chi connectivity index (χ3n) is 6.05. The molecule has 2 aliphatic rings. The maximum Gasteiger partial charge on any atom is 0.279 e. The van der Waals surface area contributed by atoms with Crippen molar-refractivity contribution in [1.29, 1.82) is 0 Å². The number of ether oxygens (including phenoxy) is 1. The first-order chi connectivity index (χ1) is 14.1. The van der Waals surface area contributed by atoms with Gasteiger partial charge in [0.1, 0.15) is 12.0 Å². The molecule has 9 nitrogen and oxygen atoms in total. The fourth-order valence-electron chi connectivity index (χ4n) is 4.18. The number of rotatable bonds is 4. The van der Waals surface area contributed by atoms with Gasteiger partial charge >= 0.3 is 0 Å². The lowest BCUT2D eigenvalue weighted by Crippen LogP contribution is -2.28. The molecule has 3 aromatic heterocycles. The third kappa shape index (κ3) is 2.54. The molecule has 0 spiro atoms. The Morgan fingerprint density at radius 2 is 2.07 bits per heavy atom. The molecular weight excluding hydrogens is 370 g/mol. The Kier molecular flexibility index (Phi) is 3.48. The van der Waals surface area contributed by atoms with E-state index in [1.54, 1.807) is 21.8 Å². The summed E-state index contributed by atoms with van der Waals surface area (Å²) in [4.78, 5) is 18.1. The Morgan fingerprint density at radius 3 is 2.83 bits per heavy atom. The Morgan fingerprint density at radius 1 is 1.24 bits per heavy atom. The number of hydrogen-bond acceptors (Lipinski definition) is 6. The topological polar surface area (TPSA) is 105 Å². The molecule has 9 heteroatoms. The highest BCUT2D eigenvalue weighted by Crippen LogP contribution is 2.41. The quantitative estimate of drug-likeness (QED) is 0.563. The summed E-state index contributed by atoms with van der Waals surface area (Å²) in [7, 11) is 0. The molecule has 29 heavy (non-hydrogen) atoms. The van der Waals surface area contributed by atoms with E-state index < -0.39 is 0 Å². The Balaban J connectivity index is 1.57. The van der Waals surface area contributed by atoms with Crippen molar-refractivity contribution in [2.45, 2.75) is 43.9 Å². The van der Waals surface area contributed by atoms with Crippen LogP contribution >= 0.6 is 0 Å². The number of benzene rings is 1. The number of hydrogen-bond donors (Lipinski definition) is 1. The predicted molar refractivity (Wildman–Crippen MR) is 106 cm³/mol. The van der Waals surface area contributed by atoms with Gasteiger partial charge in [0.05, 0.1) is 35.4 Å². The van der Waals surface area contributed by atoms with Crippen molar-refractivity contribution in [1.82, 2.24) is 28.9 Å². The van der Waals surface area contributed by atoms with E-state index in [1.807, 2.05) is 28.7 Å². The molecule has 6 rings (SSSR count). The fourth-order valence-corrected chi connectivity index (χ4v) is 4.18. The summed E-state index contributed by atoms with van der Waals surface area (Å²) in [6.07, 6.45) is 7.29. The lowest BCUT2D eigenvalue weighted by atomic mass is 10.2. The zero-order chi connectivity index (χ0) is 19.6. The van der Waals surface area contributed by atoms with Crippen molar-refractivity contribution in [2.75, 3.05) is 6.61 Å². The van der Waals surface area contributed by atoms with Gasteiger partial charge in [-0.05, 0) is 37.8 Å². The second kappa shape index (κ2) is 5.98. The van der Waals surface area contributed by atoms with Gasteiger partial charge in [0.15, 0.2) is 11.3 Å². The Labute approximate surface area is 165 Å². The second-order valence-electron chi connectivity index (χ2n) is 8.03. The molecule has 1 atom stereocenters. The fraction of sp³-hybridized carbons (Fsp3) is 0.400. The van der Waals surface area contributed by atoms with Crippen LogP contribution in [0, 0.1) is 0 Å². The molecule has 2 fully saturated rings. The molecule has 1 unspecified atom stereocenters. The van der Waals surface area contributed by atoms with Crippen LogP contribution in [0.2, 0.25) is 0 Å². The van der Waals surface area contributed by atoms with Gasteiger partial charge in [-0.1, -0.05) is 17.3 Å². The minimum absolute atomic E-state index is 0.0508. The van der Waals surface area contributed by atoms with Gasteiger partial charge in [-0.15, -0.1) is 5.10 Å². The zero-order valence-corrected chi connectivity index (χ0v) is 15.9. The van der Waals surface area contributed by atoms with Crippen molar-refractivity contribution in [3.8, 4) is 5.82 Å². The van der Waals surface area contributed by atoms with Crippen LogP contribution in [-0.4, -0.2) is 41.7 Å². The highest BCUT2D eigenvalue weighted by atomic mass is 16.5. The van der Waals surface area contributed by atoms with Gasteiger partial charge < -0.3 is 15.0 Å². The summed E-state index contributed by atoms with van der Waals surface area (Å²) in [6, 6.07) is 7.85. The van der Waals surface area contributed by atoms with E-state index in [4.69, 9.17) is 10.5 Å². The maximum absolute atomic E-state index is 13.6. The van der Waals surface area contributed by atoms with E-state index in [1.165, 1.54) is 0 Å². The Bertz CT molecular complexity index is 1290. The van der Waals surface area contributed by atoms with Gasteiger partial charge in [0.25, 0.3) is 5.56 Å². The summed E-state index contributed by atoms with van der Waals surface area (Å²) in [6.45, 7) is 1.27. The van der Waals surface area contributed by atoms with E-state index >= 15 is 0 Å². The number of aromatic nitrogens is 6. The minimum atomic E-state index is -0.388. The molecule has 2 N–H and O–H groups in total. The summed E-state index contributed by atoms with van der Waals surface area (Å²) in [5, 5.41) is 8.43. The molecule has 1 aliphatic heterocycles. The average Bonchev–Trinajstić information content (AvgIpc) is 3.21. The van der Waals surface area contributed by atoms with Gasteiger partial charge in [-0.3, -0.25) is 9.20 Å². The standard InChI is InChI=1S/C20H21N7O2/c21-20(7-8-20)16-11-27(24-23-16)18-17-19(28)25(10-13-4-3-9-29-13)14-5-1-2-6-15(14)26(17)12-22-18/h1-2,5-6,11-13H,3-4,7-10,21H2. The minimum Gasteiger partial charge on any atom is -0.376 e. The third-order valence-corrected chi connectivity index (χ3v) is 6.05. The maximum atomic E-state index is 13.6. The van der Waals surface area contributed by atoms with E-state index in [0.717, 1.165) is 49.0 Å². The monoisotopic (exact) mass is 391 g/mol. The first kappa shape index (κ1) is 16.9. The molecule has 0 radical (unpaired) electrons. The van der Waals surface area contributed by atoms with Crippen molar-refractivity contribution in [2.24, 2.45) is 5.73 Å². The lowest BCUT2D eigenvalue weighted by Gasteiger charge is -2.16. The van der Waals surface area contributed by atoms with Crippen molar-refractivity contribution >= 4 is 16.6 Å². The summed E-state index contributed by atoms with van der Waals surface area (Å²) >= 11 is 0. The second-order valence-corrected chi connectivity index (χ2v) is 8.03. The number of nitrogens with two attached hydrogens (primary N) is 1. The Hall–Kier alpha value is -3.04. The molecule has 1 aliphatic carbocycles. The van der Waals surface area contributed by atoms with Crippen LogP contribution < -0.4 is 11.3 Å². The smallest absolute Gasteiger partial charge is 0.279 e. The van der Waals surface area contributed by atoms with E-state index in [-0.39, 0.29) is 17.2 Å². The summed E-state index contributed by atoms with van der Waals surface area (Å²) < 4.78 is 11.0. The first-order valence-corrected chi connectivity index (χ1v) is 9.96. The number of imidazole rings is 1. The molecule has 1 aromatic carbocycles. The molecule has 1 saturated carbocycles. The number of para-hydroxylation sites is 2. The van der Waals surface area contributed by atoms with Gasteiger partial charge in [0, 0.05) is 6.61 Å². The van der Waals surface area contributed by atoms with E-state index in [2.05, 4.69) is 15.3 Å². The van der Waals surface area contributed by atoms with E-state index in [9.17, 15) is 4.79 Å². The normalized spacial score (nSPS) is 20.7. The van der Waals surface area contributed by atoms with Gasteiger partial charge in [-0.2, -0.15) is 4.68 Å². The molecule has 4 aromatic rings. The summed E-state index contributed by atoms with van der Waals surface area (Å²) in [5.74, 6) is 0.463. The van der Waals surface area contributed by atoms with Crippen LogP contribution in [0.25, 0.3) is 22.4 Å². The predicted octanol–water partition coefficient (Wildman–Crippen LogP) is 1.36. The SMILES string of the molecule is NC1(c2cn(-c3ncn4c3c(=O)n(CC3CCCO3)c3ccccc34)nn2)CC1. The van der Waals surface area contributed by atoms with Crippen LogP contribution in [0.5, 0.6) is 0 Å². The van der Waals surface area contributed by atoms with Crippen molar-refractivity contribution in [3.05, 3.63) is 52.8 Å². The molecular formula is C20H21N7O2. The van der Waals surface area contributed by atoms with Gasteiger partial charge in [0.2, 0.25) is 0 Å². The molecule has 148 valence electrons. The molecule has 0 amide bonds.